The first-order valence-corrected chi connectivity index (χ1v) is 7.12. The van der Waals surface area contributed by atoms with E-state index in [1.165, 1.54) is 5.56 Å². The lowest BCUT2D eigenvalue weighted by Crippen LogP contribution is -2.42. The topological polar surface area (TPSA) is 58.4 Å². The summed E-state index contributed by atoms with van der Waals surface area (Å²) in [7, 11) is 1.95. The van der Waals surface area contributed by atoms with E-state index in [9.17, 15) is 4.79 Å². The minimum atomic E-state index is 0.0407. The van der Waals surface area contributed by atoms with E-state index in [0.29, 0.717) is 19.6 Å². The fourth-order valence-electron chi connectivity index (χ4n) is 2.14. The van der Waals surface area contributed by atoms with Crippen molar-refractivity contribution in [3.8, 4) is 0 Å². The molecule has 0 heterocycles. The standard InChI is InChI=1S/C16H27N3O/c1-16(2,12-17)13-19(3)11-15(20)18-10-9-14-7-5-4-6-8-14/h4-8H,9-13,17H2,1-3H3,(H,18,20). The zero-order valence-corrected chi connectivity index (χ0v) is 12.9. The van der Waals surface area contributed by atoms with Gasteiger partial charge in [0.05, 0.1) is 6.54 Å². The highest BCUT2D eigenvalue weighted by atomic mass is 16.2. The molecule has 0 saturated carbocycles. The highest BCUT2D eigenvalue weighted by Crippen LogP contribution is 2.13. The van der Waals surface area contributed by atoms with Gasteiger partial charge in [0.25, 0.3) is 0 Å². The van der Waals surface area contributed by atoms with Crippen LogP contribution in [0, 0.1) is 5.41 Å². The highest BCUT2D eigenvalue weighted by Gasteiger charge is 2.19. The molecular weight excluding hydrogens is 250 g/mol. The van der Waals surface area contributed by atoms with Crippen LogP contribution in [0.4, 0.5) is 0 Å². The molecule has 112 valence electrons. The van der Waals surface area contributed by atoms with Crippen molar-refractivity contribution in [2.45, 2.75) is 20.3 Å². The predicted molar refractivity (Wildman–Crippen MR) is 83.5 cm³/mol. The summed E-state index contributed by atoms with van der Waals surface area (Å²) in [5.74, 6) is 0.0660. The lowest BCUT2D eigenvalue weighted by atomic mass is 9.93. The average Bonchev–Trinajstić information content (AvgIpc) is 2.39. The molecule has 4 heteroatoms. The summed E-state index contributed by atoms with van der Waals surface area (Å²) in [4.78, 5) is 13.9. The van der Waals surface area contributed by atoms with Crippen molar-refractivity contribution in [1.29, 1.82) is 0 Å². The fraction of sp³-hybridized carbons (Fsp3) is 0.562. The molecule has 3 N–H and O–H groups in total. The average molecular weight is 277 g/mol. The number of carbonyl (C=O) groups is 1. The van der Waals surface area contributed by atoms with Crippen LogP contribution in [0.5, 0.6) is 0 Å². The number of nitrogens with zero attached hydrogens (tertiary/aromatic N) is 1. The number of likely N-dealkylation sites (N-methyl/N-ethyl adjacent to an activating group) is 1. The summed E-state index contributed by atoms with van der Waals surface area (Å²) >= 11 is 0. The second-order valence-electron chi connectivity index (χ2n) is 6.13. The maximum Gasteiger partial charge on any atom is 0.234 e. The first-order valence-electron chi connectivity index (χ1n) is 7.12. The molecule has 0 bridgehead atoms. The third kappa shape index (κ3) is 6.68. The lowest BCUT2D eigenvalue weighted by Gasteiger charge is -2.28. The quantitative estimate of drug-likeness (QED) is 0.752. The van der Waals surface area contributed by atoms with E-state index >= 15 is 0 Å². The summed E-state index contributed by atoms with van der Waals surface area (Å²) in [6.07, 6.45) is 0.866. The van der Waals surface area contributed by atoms with Gasteiger partial charge in [0.1, 0.15) is 0 Å². The number of carbonyl (C=O) groups excluding carboxylic acids is 1. The number of hydrogen-bond acceptors (Lipinski definition) is 3. The number of benzene rings is 1. The van der Waals surface area contributed by atoms with Gasteiger partial charge in [-0.25, -0.2) is 0 Å². The minimum absolute atomic E-state index is 0.0407. The Hall–Kier alpha value is -1.39. The van der Waals surface area contributed by atoms with Gasteiger partial charge in [0, 0.05) is 13.1 Å². The van der Waals surface area contributed by atoms with Gasteiger partial charge >= 0.3 is 0 Å². The summed E-state index contributed by atoms with van der Waals surface area (Å²) in [5.41, 5.74) is 6.98. The normalized spacial score (nSPS) is 11.7. The van der Waals surface area contributed by atoms with Crippen LogP contribution in [0.2, 0.25) is 0 Å². The third-order valence-corrected chi connectivity index (χ3v) is 3.24. The van der Waals surface area contributed by atoms with Gasteiger partial charge in [-0.05, 0) is 31.0 Å². The predicted octanol–water partition coefficient (Wildman–Crippen LogP) is 1.26. The van der Waals surface area contributed by atoms with Crippen LogP contribution in [0.15, 0.2) is 30.3 Å². The monoisotopic (exact) mass is 277 g/mol. The van der Waals surface area contributed by atoms with Crippen molar-refractivity contribution in [3.63, 3.8) is 0 Å². The molecule has 0 aliphatic rings. The number of amides is 1. The van der Waals surface area contributed by atoms with Crippen molar-refractivity contribution in [1.82, 2.24) is 10.2 Å². The van der Waals surface area contributed by atoms with E-state index in [-0.39, 0.29) is 11.3 Å². The third-order valence-electron chi connectivity index (χ3n) is 3.24. The van der Waals surface area contributed by atoms with Crippen molar-refractivity contribution in [3.05, 3.63) is 35.9 Å². The smallest absolute Gasteiger partial charge is 0.234 e. The maximum atomic E-state index is 11.8. The molecule has 1 rings (SSSR count). The Bertz CT molecular complexity index is 403. The number of nitrogens with two attached hydrogens (primary N) is 1. The van der Waals surface area contributed by atoms with E-state index in [4.69, 9.17) is 5.73 Å². The molecule has 1 aromatic rings. The Morgan fingerprint density at radius 1 is 1.30 bits per heavy atom. The molecule has 0 aliphatic heterocycles. The van der Waals surface area contributed by atoms with Gasteiger partial charge in [-0.3, -0.25) is 9.69 Å². The summed E-state index contributed by atoms with van der Waals surface area (Å²) < 4.78 is 0. The Morgan fingerprint density at radius 3 is 2.55 bits per heavy atom. The second-order valence-corrected chi connectivity index (χ2v) is 6.13. The molecular formula is C16H27N3O. The number of hydrogen-bond donors (Lipinski definition) is 2. The van der Waals surface area contributed by atoms with E-state index in [0.717, 1.165) is 13.0 Å². The molecule has 0 atom stereocenters. The summed E-state index contributed by atoms with van der Waals surface area (Å²) in [6.45, 7) is 6.74. The minimum Gasteiger partial charge on any atom is -0.355 e. The van der Waals surface area contributed by atoms with E-state index in [1.807, 2.05) is 30.1 Å². The molecule has 20 heavy (non-hydrogen) atoms. The summed E-state index contributed by atoms with van der Waals surface area (Å²) in [6, 6.07) is 10.2. The molecule has 0 spiro atoms. The van der Waals surface area contributed by atoms with E-state index in [2.05, 4.69) is 31.3 Å². The maximum absolute atomic E-state index is 11.8. The van der Waals surface area contributed by atoms with Crippen LogP contribution in [0.3, 0.4) is 0 Å². The number of rotatable bonds is 8. The molecule has 0 saturated heterocycles. The van der Waals surface area contributed by atoms with Crippen LogP contribution >= 0.6 is 0 Å². The van der Waals surface area contributed by atoms with Crippen molar-refractivity contribution in [2.24, 2.45) is 11.1 Å². The molecule has 0 aliphatic carbocycles. The highest BCUT2D eigenvalue weighted by molar-refractivity contribution is 5.77. The van der Waals surface area contributed by atoms with Crippen LogP contribution in [0.1, 0.15) is 19.4 Å². The van der Waals surface area contributed by atoms with Gasteiger partial charge in [-0.2, -0.15) is 0 Å². The van der Waals surface area contributed by atoms with Crippen LogP contribution in [0.25, 0.3) is 0 Å². The van der Waals surface area contributed by atoms with Crippen LogP contribution in [-0.2, 0) is 11.2 Å². The van der Waals surface area contributed by atoms with Crippen molar-refractivity contribution in [2.75, 3.05) is 33.2 Å². The largest absolute Gasteiger partial charge is 0.355 e. The van der Waals surface area contributed by atoms with Gasteiger partial charge in [-0.15, -0.1) is 0 Å². The van der Waals surface area contributed by atoms with E-state index in [1.54, 1.807) is 0 Å². The molecule has 1 aromatic carbocycles. The molecule has 0 aromatic heterocycles. The Morgan fingerprint density at radius 2 is 1.95 bits per heavy atom. The van der Waals surface area contributed by atoms with Gasteiger partial charge in [0.2, 0.25) is 5.91 Å². The van der Waals surface area contributed by atoms with Gasteiger partial charge < -0.3 is 11.1 Å². The van der Waals surface area contributed by atoms with Gasteiger partial charge in [0.15, 0.2) is 0 Å². The van der Waals surface area contributed by atoms with Crippen molar-refractivity contribution < 1.29 is 4.79 Å². The Balaban J connectivity index is 2.23. The Labute approximate surface area is 122 Å². The fourth-order valence-corrected chi connectivity index (χ4v) is 2.14. The first kappa shape index (κ1) is 16.7. The number of nitrogens with one attached hydrogen (secondary N) is 1. The van der Waals surface area contributed by atoms with Gasteiger partial charge in [-0.1, -0.05) is 44.2 Å². The molecule has 0 unspecified atom stereocenters. The molecule has 0 radical (unpaired) electrons. The van der Waals surface area contributed by atoms with Crippen LogP contribution in [-0.4, -0.2) is 44.0 Å². The SMILES string of the molecule is CN(CC(=O)NCCc1ccccc1)CC(C)(C)CN. The zero-order valence-electron chi connectivity index (χ0n) is 12.9. The van der Waals surface area contributed by atoms with Crippen LogP contribution < -0.4 is 11.1 Å². The van der Waals surface area contributed by atoms with E-state index < -0.39 is 0 Å². The molecule has 0 fully saturated rings. The summed E-state index contributed by atoms with van der Waals surface area (Å²) in [5, 5.41) is 2.95. The molecule has 1 amide bonds. The zero-order chi connectivity index (χ0) is 15.0. The molecule has 4 nitrogen and oxygen atoms in total. The lowest BCUT2D eigenvalue weighted by molar-refractivity contribution is -0.122. The Kier molecular flexibility index (Phi) is 6.68. The first-order chi connectivity index (χ1) is 9.43. The van der Waals surface area contributed by atoms with Crippen molar-refractivity contribution >= 4 is 5.91 Å². The second kappa shape index (κ2) is 8.02.